The fraction of sp³-hybridized carbons (Fsp3) is 0.412. The Bertz CT molecular complexity index is 721. The standard InChI is InChI=1S/C17H24N4O7/c1-8(22)14(19)16(26)20-11(7-13(18)24)15(25)21-12(17(27)28)6-9-2-4-10(23)5-3-9/h2-5,8,11-12,14,22-23H,6-7,19H2,1H3,(H2,18,24)(H,20,26)(H,21,25)(H,27,28)/t8-,11+,12+,14+/m1/s1. The molecule has 9 N–H and O–H groups in total. The van der Waals surface area contributed by atoms with Crippen LogP contribution in [-0.2, 0) is 25.6 Å². The second kappa shape index (κ2) is 10.2. The number of aliphatic hydroxyl groups excluding tert-OH is 1. The number of carbonyl (C=O) groups is 4. The van der Waals surface area contributed by atoms with Gasteiger partial charge in [0.05, 0.1) is 12.5 Å². The smallest absolute Gasteiger partial charge is 0.326 e. The summed E-state index contributed by atoms with van der Waals surface area (Å²) < 4.78 is 0. The molecular weight excluding hydrogens is 372 g/mol. The zero-order valence-electron chi connectivity index (χ0n) is 15.2. The number of nitrogens with two attached hydrogens (primary N) is 2. The number of aliphatic hydroxyl groups is 1. The molecular formula is C17H24N4O7. The Kier molecular flexibility index (Phi) is 8.35. The van der Waals surface area contributed by atoms with Gasteiger partial charge in [-0.25, -0.2) is 4.79 Å². The highest BCUT2D eigenvalue weighted by molar-refractivity contribution is 5.94. The van der Waals surface area contributed by atoms with Gasteiger partial charge in [0.2, 0.25) is 17.7 Å². The normalized spacial score (nSPS) is 15.0. The minimum atomic E-state index is -1.46. The molecule has 0 spiro atoms. The van der Waals surface area contributed by atoms with Gasteiger partial charge in [-0.2, -0.15) is 0 Å². The van der Waals surface area contributed by atoms with Crippen LogP contribution in [0.4, 0.5) is 0 Å². The molecule has 28 heavy (non-hydrogen) atoms. The topological polar surface area (TPSA) is 205 Å². The third-order valence-corrected chi connectivity index (χ3v) is 3.85. The molecule has 0 heterocycles. The Hall–Kier alpha value is -3.18. The average Bonchev–Trinajstić information content (AvgIpc) is 2.60. The minimum Gasteiger partial charge on any atom is -0.508 e. The van der Waals surface area contributed by atoms with Crippen molar-refractivity contribution in [2.45, 2.75) is 44.0 Å². The van der Waals surface area contributed by atoms with Crippen molar-refractivity contribution < 1.29 is 34.5 Å². The Balaban J connectivity index is 2.89. The fourth-order valence-electron chi connectivity index (χ4n) is 2.24. The Morgan fingerprint density at radius 3 is 2.04 bits per heavy atom. The highest BCUT2D eigenvalue weighted by Crippen LogP contribution is 2.11. The van der Waals surface area contributed by atoms with Gasteiger partial charge in [-0.3, -0.25) is 14.4 Å². The summed E-state index contributed by atoms with van der Waals surface area (Å²) >= 11 is 0. The third kappa shape index (κ3) is 7.21. The van der Waals surface area contributed by atoms with E-state index in [0.29, 0.717) is 5.56 Å². The number of aliphatic carboxylic acids is 1. The second-order valence-corrected chi connectivity index (χ2v) is 6.27. The van der Waals surface area contributed by atoms with E-state index in [2.05, 4.69) is 10.6 Å². The summed E-state index contributed by atoms with van der Waals surface area (Å²) in [5, 5.41) is 32.4. The van der Waals surface area contributed by atoms with E-state index < -0.39 is 54.3 Å². The van der Waals surface area contributed by atoms with E-state index in [1.165, 1.54) is 31.2 Å². The molecule has 0 aromatic heterocycles. The molecule has 0 aliphatic heterocycles. The number of primary amides is 1. The molecule has 0 aliphatic carbocycles. The van der Waals surface area contributed by atoms with Crippen molar-refractivity contribution in [1.82, 2.24) is 10.6 Å². The van der Waals surface area contributed by atoms with Gasteiger partial charge < -0.3 is 37.4 Å². The minimum absolute atomic E-state index is 0.00153. The molecule has 11 nitrogen and oxygen atoms in total. The van der Waals surface area contributed by atoms with Crippen LogP contribution in [0, 0.1) is 0 Å². The summed E-state index contributed by atoms with van der Waals surface area (Å²) in [5.41, 5.74) is 11.1. The first-order valence-electron chi connectivity index (χ1n) is 8.34. The van der Waals surface area contributed by atoms with Crippen LogP contribution in [0.2, 0.25) is 0 Å². The lowest BCUT2D eigenvalue weighted by Crippen LogP contribution is -2.57. The van der Waals surface area contributed by atoms with Gasteiger partial charge in [0.15, 0.2) is 0 Å². The lowest BCUT2D eigenvalue weighted by molar-refractivity contribution is -0.142. The molecule has 0 radical (unpaired) electrons. The largest absolute Gasteiger partial charge is 0.508 e. The molecule has 0 unspecified atom stereocenters. The van der Waals surface area contributed by atoms with Crippen LogP contribution in [0.1, 0.15) is 18.9 Å². The predicted octanol–water partition coefficient (Wildman–Crippen LogP) is -2.43. The number of phenols is 1. The Morgan fingerprint density at radius 2 is 1.57 bits per heavy atom. The summed E-state index contributed by atoms with van der Waals surface area (Å²) in [7, 11) is 0. The van der Waals surface area contributed by atoms with E-state index in [4.69, 9.17) is 11.5 Å². The van der Waals surface area contributed by atoms with Crippen LogP contribution < -0.4 is 22.1 Å². The molecule has 0 bridgehead atoms. The maximum absolute atomic E-state index is 12.4. The summed E-state index contributed by atoms with van der Waals surface area (Å²) in [5.74, 6) is -4.10. The fourth-order valence-corrected chi connectivity index (χ4v) is 2.24. The molecule has 0 aliphatic rings. The highest BCUT2D eigenvalue weighted by atomic mass is 16.4. The third-order valence-electron chi connectivity index (χ3n) is 3.85. The number of phenolic OH excluding ortho intramolecular Hbond substituents is 1. The molecule has 0 saturated heterocycles. The lowest BCUT2D eigenvalue weighted by Gasteiger charge is -2.23. The Morgan fingerprint density at radius 1 is 1.04 bits per heavy atom. The zero-order valence-corrected chi connectivity index (χ0v) is 15.2. The van der Waals surface area contributed by atoms with Crippen molar-refractivity contribution in [1.29, 1.82) is 0 Å². The van der Waals surface area contributed by atoms with E-state index in [1.807, 2.05) is 0 Å². The molecule has 1 aromatic rings. The van der Waals surface area contributed by atoms with Gasteiger partial charge in [-0.05, 0) is 24.6 Å². The quantitative estimate of drug-likeness (QED) is 0.226. The number of amides is 3. The van der Waals surface area contributed by atoms with E-state index in [9.17, 15) is 34.5 Å². The van der Waals surface area contributed by atoms with Crippen LogP contribution >= 0.6 is 0 Å². The van der Waals surface area contributed by atoms with Gasteiger partial charge in [0, 0.05) is 6.42 Å². The number of nitrogens with one attached hydrogen (secondary N) is 2. The van der Waals surface area contributed by atoms with Crippen LogP contribution in [0.15, 0.2) is 24.3 Å². The molecule has 0 saturated carbocycles. The lowest BCUT2D eigenvalue weighted by atomic mass is 10.0. The van der Waals surface area contributed by atoms with Crippen molar-refractivity contribution in [3.8, 4) is 5.75 Å². The van der Waals surface area contributed by atoms with Crippen molar-refractivity contribution in [2.24, 2.45) is 11.5 Å². The van der Waals surface area contributed by atoms with Crippen LogP contribution in [0.25, 0.3) is 0 Å². The van der Waals surface area contributed by atoms with Crippen LogP contribution in [0.5, 0.6) is 5.75 Å². The van der Waals surface area contributed by atoms with Crippen molar-refractivity contribution in [3.63, 3.8) is 0 Å². The van der Waals surface area contributed by atoms with E-state index >= 15 is 0 Å². The van der Waals surface area contributed by atoms with Crippen molar-refractivity contribution in [3.05, 3.63) is 29.8 Å². The SMILES string of the molecule is C[C@@H](O)[C@H](N)C(=O)N[C@@H](CC(N)=O)C(=O)N[C@@H](Cc1ccc(O)cc1)C(=O)O. The number of carbonyl (C=O) groups excluding carboxylic acids is 3. The van der Waals surface area contributed by atoms with E-state index in [-0.39, 0.29) is 12.2 Å². The zero-order chi connectivity index (χ0) is 21.4. The first-order valence-corrected chi connectivity index (χ1v) is 8.34. The van der Waals surface area contributed by atoms with E-state index in [1.54, 1.807) is 0 Å². The van der Waals surface area contributed by atoms with Gasteiger partial charge in [-0.15, -0.1) is 0 Å². The summed E-state index contributed by atoms with van der Waals surface area (Å²) in [6.07, 6.45) is -1.90. The maximum Gasteiger partial charge on any atom is 0.326 e. The number of benzene rings is 1. The molecule has 3 amide bonds. The second-order valence-electron chi connectivity index (χ2n) is 6.27. The Labute approximate surface area is 160 Å². The maximum atomic E-state index is 12.4. The molecule has 0 fully saturated rings. The molecule has 154 valence electrons. The number of aromatic hydroxyl groups is 1. The van der Waals surface area contributed by atoms with Gasteiger partial charge in [0.1, 0.15) is 23.9 Å². The average molecular weight is 396 g/mol. The van der Waals surface area contributed by atoms with Crippen LogP contribution in [0.3, 0.4) is 0 Å². The molecule has 4 atom stereocenters. The predicted molar refractivity (Wildman–Crippen MR) is 96.8 cm³/mol. The van der Waals surface area contributed by atoms with Gasteiger partial charge in [-0.1, -0.05) is 12.1 Å². The summed E-state index contributed by atoms with van der Waals surface area (Å²) in [6.45, 7) is 1.27. The number of carboxylic acids is 1. The van der Waals surface area contributed by atoms with Crippen molar-refractivity contribution in [2.75, 3.05) is 0 Å². The monoisotopic (exact) mass is 396 g/mol. The first-order chi connectivity index (χ1) is 13.0. The van der Waals surface area contributed by atoms with Gasteiger partial charge >= 0.3 is 5.97 Å². The molecule has 1 aromatic carbocycles. The summed E-state index contributed by atoms with van der Waals surface area (Å²) in [4.78, 5) is 47.1. The summed E-state index contributed by atoms with van der Waals surface area (Å²) in [6, 6.07) is 1.53. The number of hydrogen-bond donors (Lipinski definition) is 7. The van der Waals surface area contributed by atoms with Crippen LogP contribution in [-0.4, -0.2) is 63.2 Å². The van der Waals surface area contributed by atoms with Crippen molar-refractivity contribution >= 4 is 23.7 Å². The van der Waals surface area contributed by atoms with E-state index in [0.717, 1.165) is 0 Å². The molecule has 11 heteroatoms. The van der Waals surface area contributed by atoms with Gasteiger partial charge in [0.25, 0.3) is 0 Å². The number of hydrogen-bond acceptors (Lipinski definition) is 7. The highest BCUT2D eigenvalue weighted by Gasteiger charge is 2.30. The number of carboxylic acid groups (broad SMARTS) is 1. The first kappa shape index (κ1) is 22.9. The number of rotatable bonds is 10. The molecule has 1 rings (SSSR count).